The highest BCUT2D eigenvalue weighted by Gasteiger charge is 2.19. The van der Waals surface area contributed by atoms with Gasteiger partial charge in [-0.3, -0.25) is 14.4 Å². The van der Waals surface area contributed by atoms with Gasteiger partial charge in [0, 0.05) is 19.3 Å². The van der Waals surface area contributed by atoms with Crippen molar-refractivity contribution in [2.75, 3.05) is 13.2 Å². The van der Waals surface area contributed by atoms with Gasteiger partial charge in [-0.05, 0) is 31.1 Å². The van der Waals surface area contributed by atoms with Crippen LogP contribution in [0.25, 0.3) is 0 Å². The van der Waals surface area contributed by atoms with Crippen LogP contribution in [0.3, 0.4) is 0 Å². The summed E-state index contributed by atoms with van der Waals surface area (Å²) >= 11 is 0. The number of unbranched alkanes of at least 4 members (excludes halogenated alkanes) is 31. The van der Waals surface area contributed by atoms with Gasteiger partial charge in [0.05, 0.1) is 0 Å². The van der Waals surface area contributed by atoms with Crippen LogP contribution in [0.15, 0.2) is 0 Å². The van der Waals surface area contributed by atoms with Crippen molar-refractivity contribution in [3.8, 4) is 0 Å². The van der Waals surface area contributed by atoms with Crippen LogP contribution in [-0.4, -0.2) is 37.2 Å². The first-order chi connectivity index (χ1) is 28.2. The van der Waals surface area contributed by atoms with Crippen molar-refractivity contribution >= 4 is 17.9 Å². The number of hydrogen-bond acceptors (Lipinski definition) is 6. The van der Waals surface area contributed by atoms with E-state index in [4.69, 9.17) is 14.2 Å². The molecule has 6 heteroatoms. The minimum atomic E-state index is -0.759. The van der Waals surface area contributed by atoms with Crippen molar-refractivity contribution in [3.05, 3.63) is 0 Å². The van der Waals surface area contributed by atoms with Crippen molar-refractivity contribution < 1.29 is 28.6 Å². The molecule has 0 aromatic heterocycles. The van der Waals surface area contributed by atoms with E-state index < -0.39 is 6.10 Å². The van der Waals surface area contributed by atoms with Crippen molar-refractivity contribution in [3.63, 3.8) is 0 Å². The molecule has 0 saturated carbocycles. The fourth-order valence-corrected chi connectivity index (χ4v) is 7.81. The SMILES string of the molecule is CCCCCCCC(=O)OC[C@H](COC(=O)CCCCCCCCCCCCCCCCCC(C)C)OC(=O)CCCCCCCCCCCCCCCCC(C)C. The molecular formula is C52H100O6. The highest BCUT2D eigenvalue weighted by Crippen LogP contribution is 2.17. The molecule has 0 unspecified atom stereocenters. The minimum Gasteiger partial charge on any atom is -0.462 e. The first-order valence-corrected chi connectivity index (χ1v) is 25.7. The van der Waals surface area contributed by atoms with Crippen molar-refractivity contribution in [1.29, 1.82) is 0 Å². The highest BCUT2D eigenvalue weighted by atomic mass is 16.6. The van der Waals surface area contributed by atoms with Gasteiger partial charge < -0.3 is 14.2 Å². The maximum Gasteiger partial charge on any atom is 0.306 e. The normalized spacial score (nSPS) is 12.1. The van der Waals surface area contributed by atoms with E-state index >= 15 is 0 Å². The zero-order valence-electron chi connectivity index (χ0n) is 39.7. The van der Waals surface area contributed by atoms with Gasteiger partial charge in [0.15, 0.2) is 6.10 Å². The molecule has 0 aliphatic rings. The molecular weight excluding hydrogens is 721 g/mol. The van der Waals surface area contributed by atoms with Crippen LogP contribution in [0.5, 0.6) is 0 Å². The number of esters is 3. The van der Waals surface area contributed by atoms with Gasteiger partial charge in [0.2, 0.25) is 0 Å². The summed E-state index contributed by atoms with van der Waals surface area (Å²) < 4.78 is 16.7. The Bertz CT molecular complexity index is 885. The Labute approximate surface area is 361 Å². The average molecular weight is 821 g/mol. The summed E-state index contributed by atoms with van der Waals surface area (Å²) in [5.74, 6) is 0.831. The second-order valence-corrected chi connectivity index (χ2v) is 18.8. The summed E-state index contributed by atoms with van der Waals surface area (Å²) in [6.07, 6.45) is 45.5. The third kappa shape index (κ3) is 45.5. The maximum absolute atomic E-state index is 12.7. The molecule has 1 atom stereocenters. The van der Waals surface area contributed by atoms with E-state index in [2.05, 4.69) is 34.6 Å². The van der Waals surface area contributed by atoms with Crippen LogP contribution in [0.2, 0.25) is 0 Å². The largest absolute Gasteiger partial charge is 0.462 e. The lowest BCUT2D eigenvalue weighted by Crippen LogP contribution is -2.30. The smallest absolute Gasteiger partial charge is 0.306 e. The standard InChI is InChI=1S/C52H100O6/c1-6-7-8-30-37-42-50(53)56-45-49(58-52(55)44-39-34-29-25-21-17-13-12-15-19-23-27-32-36-41-48(4)5)46-57-51(54)43-38-33-28-24-20-16-11-9-10-14-18-22-26-31-35-40-47(2)3/h47-49H,6-46H2,1-5H3/t49-/m1/s1. The van der Waals surface area contributed by atoms with Crippen LogP contribution < -0.4 is 0 Å². The van der Waals surface area contributed by atoms with E-state index in [0.29, 0.717) is 19.3 Å². The van der Waals surface area contributed by atoms with E-state index in [1.54, 1.807) is 0 Å². The zero-order chi connectivity index (χ0) is 42.6. The number of carbonyl (C=O) groups is 3. The Morgan fingerprint density at radius 2 is 0.569 bits per heavy atom. The molecule has 0 aromatic carbocycles. The molecule has 0 bridgehead atoms. The molecule has 0 fully saturated rings. The Morgan fingerprint density at radius 3 is 0.845 bits per heavy atom. The summed E-state index contributed by atoms with van der Waals surface area (Å²) in [5.41, 5.74) is 0. The molecule has 0 radical (unpaired) electrons. The van der Waals surface area contributed by atoms with Crippen LogP contribution in [0, 0.1) is 11.8 Å². The topological polar surface area (TPSA) is 78.9 Å². The minimum absolute atomic E-state index is 0.0645. The Kier molecular flexibility index (Phi) is 43.7. The number of hydrogen-bond donors (Lipinski definition) is 0. The van der Waals surface area contributed by atoms with E-state index in [9.17, 15) is 14.4 Å². The summed E-state index contributed by atoms with van der Waals surface area (Å²) in [6, 6.07) is 0. The number of carbonyl (C=O) groups excluding carboxylic acids is 3. The molecule has 0 N–H and O–H groups in total. The Balaban J connectivity index is 4.10. The van der Waals surface area contributed by atoms with Crippen LogP contribution >= 0.6 is 0 Å². The van der Waals surface area contributed by atoms with Gasteiger partial charge >= 0.3 is 17.9 Å². The van der Waals surface area contributed by atoms with Crippen molar-refractivity contribution in [2.45, 2.75) is 291 Å². The quantitative estimate of drug-likeness (QED) is 0.0346. The monoisotopic (exact) mass is 821 g/mol. The highest BCUT2D eigenvalue weighted by molar-refractivity contribution is 5.71. The molecule has 6 nitrogen and oxygen atoms in total. The first kappa shape index (κ1) is 56.4. The van der Waals surface area contributed by atoms with E-state index in [1.165, 1.54) is 167 Å². The summed E-state index contributed by atoms with van der Waals surface area (Å²) in [7, 11) is 0. The molecule has 0 spiro atoms. The molecule has 0 amide bonds. The molecule has 58 heavy (non-hydrogen) atoms. The van der Waals surface area contributed by atoms with Gasteiger partial charge in [-0.25, -0.2) is 0 Å². The number of ether oxygens (including phenoxy) is 3. The second-order valence-electron chi connectivity index (χ2n) is 18.8. The van der Waals surface area contributed by atoms with Gasteiger partial charge in [0.1, 0.15) is 13.2 Å². The molecule has 344 valence electrons. The summed E-state index contributed by atoms with van der Waals surface area (Å²) in [6.45, 7) is 11.3. The third-order valence-electron chi connectivity index (χ3n) is 11.7. The van der Waals surface area contributed by atoms with Gasteiger partial charge in [-0.15, -0.1) is 0 Å². The fraction of sp³-hybridized carbons (Fsp3) is 0.942. The number of rotatable bonds is 46. The first-order valence-electron chi connectivity index (χ1n) is 25.7. The predicted octanol–water partition coefficient (Wildman–Crippen LogP) is 16.5. The Hall–Kier alpha value is -1.59. The van der Waals surface area contributed by atoms with Gasteiger partial charge in [-0.1, -0.05) is 247 Å². The van der Waals surface area contributed by atoms with Gasteiger partial charge in [-0.2, -0.15) is 0 Å². The molecule has 0 aliphatic carbocycles. The van der Waals surface area contributed by atoms with Gasteiger partial charge in [0.25, 0.3) is 0 Å². The summed E-state index contributed by atoms with van der Waals surface area (Å²) in [4.78, 5) is 37.6. The van der Waals surface area contributed by atoms with Crippen LogP contribution in [0.1, 0.15) is 285 Å². The molecule has 0 saturated heterocycles. The fourth-order valence-electron chi connectivity index (χ4n) is 7.81. The maximum atomic E-state index is 12.7. The second kappa shape index (κ2) is 44.9. The van der Waals surface area contributed by atoms with E-state index in [-0.39, 0.29) is 31.1 Å². The zero-order valence-corrected chi connectivity index (χ0v) is 39.7. The summed E-state index contributed by atoms with van der Waals surface area (Å²) in [5, 5.41) is 0. The molecule has 0 rings (SSSR count). The third-order valence-corrected chi connectivity index (χ3v) is 11.7. The van der Waals surface area contributed by atoms with Crippen molar-refractivity contribution in [2.24, 2.45) is 11.8 Å². The predicted molar refractivity (Wildman–Crippen MR) is 247 cm³/mol. The lowest BCUT2D eigenvalue weighted by molar-refractivity contribution is -0.167. The molecule has 0 heterocycles. The molecule has 0 aromatic rings. The lowest BCUT2D eigenvalue weighted by Gasteiger charge is -2.18. The van der Waals surface area contributed by atoms with Crippen LogP contribution in [-0.2, 0) is 28.6 Å². The average Bonchev–Trinajstić information content (AvgIpc) is 3.19. The lowest BCUT2D eigenvalue weighted by atomic mass is 10.0. The Morgan fingerprint density at radius 1 is 0.328 bits per heavy atom. The van der Waals surface area contributed by atoms with Crippen LogP contribution in [0.4, 0.5) is 0 Å². The molecule has 0 aliphatic heterocycles. The van der Waals surface area contributed by atoms with E-state index in [1.807, 2.05) is 0 Å². The van der Waals surface area contributed by atoms with Crippen molar-refractivity contribution in [1.82, 2.24) is 0 Å². The van der Waals surface area contributed by atoms with E-state index in [0.717, 1.165) is 76.0 Å².